The van der Waals surface area contributed by atoms with Crippen molar-refractivity contribution >= 4 is 27.4 Å². The summed E-state index contributed by atoms with van der Waals surface area (Å²) in [6.45, 7) is 3.31. The number of pyridine rings is 1. The first-order chi connectivity index (χ1) is 13.2. The molecular formula is C20H18FN3O3S. The van der Waals surface area contributed by atoms with Crippen LogP contribution in [0.25, 0.3) is 0 Å². The maximum Gasteiger partial charge on any atom is 0.261 e. The van der Waals surface area contributed by atoms with E-state index in [0.717, 1.165) is 11.8 Å². The van der Waals surface area contributed by atoms with E-state index in [1.54, 1.807) is 12.1 Å². The molecule has 0 bridgehead atoms. The van der Waals surface area contributed by atoms with Crippen molar-refractivity contribution in [3.63, 3.8) is 0 Å². The summed E-state index contributed by atoms with van der Waals surface area (Å²) in [6, 6.07) is 14.8. The summed E-state index contributed by atoms with van der Waals surface area (Å²) in [7, 11) is -3.87. The van der Waals surface area contributed by atoms with Crippen molar-refractivity contribution in [3.05, 3.63) is 83.3 Å². The number of nitrogens with zero attached hydrogens (tertiary/aromatic N) is 1. The van der Waals surface area contributed by atoms with E-state index in [0.29, 0.717) is 11.4 Å². The second kappa shape index (κ2) is 7.77. The fourth-order valence-electron chi connectivity index (χ4n) is 2.49. The SMILES string of the molecule is Cc1cccc(NC(=O)c2ccc(NS(=O)(=O)c3ccc(F)c(C)c3)cc2)n1. The third kappa shape index (κ3) is 4.52. The van der Waals surface area contributed by atoms with Gasteiger partial charge >= 0.3 is 0 Å². The Labute approximate surface area is 162 Å². The van der Waals surface area contributed by atoms with Crippen molar-refractivity contribution in [2.45, 2.75) is 18.7 Å². The molecule has 1 amide bonds. The molecule has 8 heteroatoms. The van der Waals surface area contributed by atoms with Crippen LogP contribution in [0.15, 0.2) is 65.6 Å². The second-order valence-electron chi connectivity index (χ2n) is 6.21. The van der Waals surface area contributed by atoms with Crippen molar-refractivity contribution in [1.29, 1.82) is 0 Å². The molecule has 6 nitrogen and oxygen atoms in total. The number of aryl methyl sites for hydroxylation is 2. The van der Waals surface area contributed by atoms with Gasteiger partial charge in [0.2, 0.25) is 0 Å². The van der Waals surface area contributed by atoms with Gasteiger partial charge in [-0.25, -0.2) is 17.8 Å². The number of carbonyl (C=O) groups excluding carboxylic acids is 1. The normalized spacial score (nSPS) is 11.1. The van der Waals surface area contributed by atoms with Crippen molar-refractivity contribution in [2.75, 3.05) is 10.0 Å². The maximum absolute atomic E-state index is 13.4. The van der Waals surface area contributed by atoms with Gasteiger partial charge in [0.15, 0.2) is 0 Å². The summed E-state index contributed by atoms with van der Waals surface area (Å²) < 4.78 is 40.6. The number of nitrogens with one attached hydrogen (secondary N) is 2. The van der Waals surface area contributed by atoms with E-state index in [9.17, 15) is 17.6 Å². The number of sulfonamides is 1. The summed E-state index contributed by atoms with van der Waals surface area (Å²) in [4.78, 5) is 16.4. The number of aromatic nitrogens is 1. The predicted molar refractivity (Wildman–Crippen MR) is 105 cm³/mol. The fourth-order valence-corrected chi connectivity index (χ4v) is 3.63. The number of rotatable bonds is 5. The van der Waals surface area contributed by atoms with Gasteiger partial charge in [0.1, 0.15) is 11.6 Å². The highest BCUT2D eigenvalue weighted by molar-refractivity contribution is 7.92. The molecule has 0 unspecified atom stereocenters. The molecule has 0 aliphatic heterocycles. The average Bonchev–Trinajstić information content (AvgIpc) is 2.64. The van der Waals surface area contributed by atoms with Gasteiger partial charge in [-0.3, -0.25) is 9.52 Å². The van der Waals surface area contributed by atoms with Crippen LogP contribution in [0.2, 0.25) is 0 Å². The van der Waals surface area contributed by atoms with Crippen LogP contribution in [0.1, 0.15) is 21.6 Å². The van der Waals surface area contributed by atoms with Gasteiger partial charge in [-0.05, 0) is 74.0 Å². The Morgan fingerprint density at radius 1 is 1.00 bits per heavy atom. The molecular weight excluding hydrogens is 381 g/mol. The van der Waals surface area contributed by atoms with E-state index in [2.05, 4.69) is 15.0 Å². The van der Waals surface area contributed by atoms with Crippen molar-refractivity contribution in [2.24, 2.45) is 0 Å². The molecule has 0 aliphatic rings. The minimum Gasteiger partial charge on any atom is -0.307 e. The Morgan fingerprint density at radius 2 is 1.71 bits per heavy atom. The lowest BCUT2D eigenvalue weighted by molar-refractivity contribution is 0.102. The van der Waals surface area contributed by atoms with Gasteiger partial charge in [-0.2, -0.15) is 0 Å². The summed E-state index contributed by atoms with van der Waals surface area (Å²) in [6.07, 6.45) is 0. The topological polar surface area (TPSA) is 88.2 Å². The van der Waals surface area contributed by atoms with E-state index in [-0.39, 0.29) is 22.1 Å². The molecule has 144 valence electrons. The summed E-state index contributed by atoms with van der Waals surface area (Å²) >= 11 is 0. The zero-order valence-electron chi connectivity index (χ0n) is 15.2. The molecule has 0 fully saturated rings. The average molecular weight is 399 g/mol. The number of hydrogen-bond donors (Lipinski definition) is 2. The number of amides is 1. The van der Waals surface area contributed by atoms with Gasteiger partial charge in [-0.1, -0.05) is 6.07 Å². The Bertz CT molecular complexity index is 1130. The lowest BCUT2D eigenvalue weighted by Gasteiger charge is -2.10. The zero-order chi connectivity index (χ0) is 20.3. The van der Waals surface area contributed by atoms with Crippen LogP contribution in [0, 0.1) is 19.7 Å². The maximum atomic E-state index is 13.4. The predicted octanol–water partition coefficient (Wildman–Crippen LogP) is 3.89. The van der Waals surface area contributed by atoms with Gasteiger partial charge in [-0.15, -0.1) is 0 Å². The van der Waals surface area contributed by atoms with Crippen LogP contribution in [-0.4, -0.2) is 19.3 Å². The smallest absolute Gasteiger partial charge is 0.261 e. The summed E-state index contributed by atoms with van der Waals surface area (Å²) in [5.41, 5.74) is 1.65. The van der Waals surface area contributed by atoms with E-state index < -0.39 is 15.8 Å². The molecule has 0 atom stereocenters. The number of benzene rings is 2. The van der Waals surface area contributed by atoms with E-state index >= 15 is 0 Å². The molecule has 2 aromatic carbocycles. The third-order valence-corrected chi connectivity index (χ3v) is 5.35. The highest BCUT2D eigenvalue weighted by atomic mass is 32.2. The third-order valence-electron chi connectivity index (χ3n) is 3.97. The van der Waals surface area contributed by atoms with Gasteiger partial charge in [0, 0.05) is 16.9 Å². The first-order valence-corrected chi connectivity index (χ1v) is 9.87. The summed E-state index contributed by atoms with van der Waals surface area (Å²) in [5, 5.41) is 2.68. The zero-order valence-corrected chi connectivity index (χ0v) is 16.0. The van der Waals surface area contributed by atoms with Gasteiger partial charge < -0.3 is 5.32 Å². The van der Waals surface area contributed by atoms with E-state index in [4.69, 9.17) is 0 Å². The van der Waals surface area contributed by atoms with Crippen molar-refractivity contribution in [1.82, 2.24) is 4.98 Å². The molecule has 1 aromatic heterocycles. The van der Waals surface area contributed by atoms with Crippen molar-refractivity contribution < 1.29 is 17.6 Å². The Morgan fingerprint density at radius 3 is 2.36 bits per heavy atom. The molecule has 0 aliphatic carbocycles. The minimum atomic E-state index is -3.87. The highest BCUT2D eigenvalue weighted by Crippen LogP contribution is 2.19. The minimum absolute atomic E-state index is 0.0428. The molecule has 28 heavy (non-hydrogen) atoms. The Hall–Kier alpha value is -3.26. The second-order valence-corrected chi connectivity index (χ2v) is 7.89. The van der Waals surface area contributed by atoms with Crippen LogP contribution in [-0.2, 0) is 10.0 Å². The molecule has 2 N–H and O–H groups in total. The molecule has 0 radical (unpaired) electrons. The van der Waals surface area contributed by atoms with Crippen LogP contribution in [0.3, 0.4) is 0 Å². The van der Waals surface area contributed by atoms with Gasteiger partial charge in [0.05, 0.1) is 4.90 Å². The molecule has 3 aromatic rings. The van der Waals surface area contributed by atoms with Crippen LogP contribution < -0.4 is 10.0 Å². The highest BCUT2D eigenvalue weighted by Gasteiger charge is 2.16. The Balaban J connectivity index is 1.73. The molecule has 3 rings (SSSR count). The number of anilines is 2. The largest absolute Gasteiger partial charge is 0.307 e. The van der Waals surface area contributed by atoms with Crippen molar-refractivity contribution in [3.8, 4) is 0 Å². The molecule has 1 heterocycles. The van der Waals surface area contributed by atoms with E-state index in [1.807, 2.05) is 13.0 Å². The first kappa shape index (κ1) is 19.5. The summed E-state index contributed by atoms with van der Waals surface area (Å²) in [5.74, 6) is -0.402. The lowest BCUT2D eigenvalue weighted by atomic mass is 10.2. The van der Waals surface area contributed by atoms with Crippen LogP contribution in [0.4, 0.5) is 15.9 Å². The molecule has 0 spiro atoms. The molecule has 0 saturated carbocycles. The number of carbonyl (C=O) groups is 1. The van der Waals surface area contributed by atoms with Gasteiger partial charge in [0.25, 0.3) is 15.9 Å². The quantitative estimate of drug-likeness (QED) is 0.681. The van der Waals surface area contributed by atoms with Crippen LogP contribution in [0.5, 0.6) is 0 Å². The Kier molecular flexibility index (Phi) is 5.41. The number of hydrogen-bond acceptors (Lipinski definition) is 4. The standard InChI is InChI=1S/C20H18FN3O3S/c1-13-12-17(10-11-18(13)21)28(26,27)24-16-8-6-15(7-9-16)20(25)23-19-5-3-4-14(2)22-19/h3-12,24H,1-2H3,(H,22,23,25). The fraction of sp³-hybridized carbons (Fsp3) is 0.100. The van der Waals surface area contributed by atoms with Crippen LogP contribution >= 0.6 is 0 Å². The first-order valence-electron chi connectivity index (χ1n) is 8.39. The molecule has 0 saturated heterocycles. The van der Waals surface area contributed by atoms with E-state index in [1.165, 1.54) is 43.3 Å². The number of halogens is 1. The lowest BCUT2D eigenvalue weighted by Crippen LogP contribution is -2.15. The monoisotopic (exact) mass is 399 g/mol.